The molecule has 0 rings (SSSR count). The predicted molar refractivity (Wildman–Crippen MR) is 50.5 cm³/mol. The molecule has 0 atom stereocenters. The fourth-order valence-corrected chi connectivity index (χ4v) is 0.629. The summed E-state index contributed by atoms with van der Waals surface area (Å²) < 4.78 is 0. The predicted octanol–water partition coefficient (Wildman–Crippen LogP) is 1.56. The molecule has 0 saturated heterocycles. The summed E-state index contributed by atoms with van der Waals surface area (Å²) >= 11 is 0. The monoisotopic (exact) mass is 167 g/mol. The average molecular weight is 167 g/mol. The minimum atomic E-state index is 0.00700. The van der Waals surface area contributed by atoms with Crippen molar-refractivity contribution < 1.29 is 4.79 Å². The average Bonchev–Trinajstić information content (AvgIpc) is 1.83. The van der Waals surface area contributed by atoms with Gasteiger partial charge in [-0.3, -0.25) is 4.79 Å². The van der Waals surface area contributed by atoms with Crippen molar-refractivity contribution in [2.75, 3.05) is 6.54 Å². The van der Waals surface area contributed by atoms with Crippen molar-refractivity contribution in [3.05, 3.63) is 0 Å². The van der Waals surface area contributed by atoms with E-state index in [0.29, 0.717) is 6.54 Å². The van der Waals surface area contributed by atoms with Gasteiger partial charge in [0.2, 0.25) is 5.91 Å². The number of rotatable bonds is 2. The van der Waals surface area contributed by atoms with Gasteiger partial charge < -0.3 is 5.32 Å². The molecule has 1 N–H and O–H groups in total. The van der Waals surface area contributed by atoms with Crippen LogP contribution in [0.5, 0.6) is 0 Å². The first-order valence-corrected chi connectivity index (χ1v) is 4.16. The number of nitrogens with one attached hydrogen (secondary N) is 1. The third-order valence-corrected chi connectivity index (χ3v) is 1.09. The molecular weight excluding hydrogens is 150 g/mol. The maximum Gasteiger partial charge on any atom is 0.216 e. The highest BCUT2D eigenvalue weighted by molar-refractivity contribution is 5.72. The highest BCUT2D eigenvalue weighted by Crippen LogP contribution is 2.09. The molecule has 0 radical (unpaired) electrons. The van der Waals surface area contributed by atoms with E-state index in [1.165, 1.54) is 6.92 Å². The zero-order valence-electron chi connectivity index (χ0n) is 8.32. The number of hydrogen-bond acceptors (Lipinski definition) is 1. The fraction of sp³-hybridized carbons (Fsp3) is 0.700. The Morgan fingerprint density at radius 3 is 2.42 bits per heavy atom. The van der Waals surface area contributed by atoms with Gasteiger partial charge in [0.1, 0.15) is 0 Å². The van der Waals surface area contributed by atoms with Gasteiger partial charge in [-0.15, -0.1) is 5.92 Å². The molecule has 0 heterocycles. The summed E-state index contributed by atoms with van der Waals surface area (Å²) in [4.78, 5) is 10.4. The molecule has 0 unspecified atom stereocenters. The van der Waals surface area contributed by atoms with Crippen molar-refractivity contribution in [2.45, 2.75) is 34.1 Å². The summed E-state index contributed by atoms with van der Waals surface area (Å²) in [5.74, 6) is 6.12. The molecule has 0 aliphatic carbocycles. The molecule has 0 fully saturated rings. The van der Waals surface area contributed by atoms with Crippen molar-refractivity contribution in [3.63, 3.8) is 0 Å². The van der Waals surface area contributed by atoms with Crippen molar-refractivity contribution in [3.8, 4) is 11.8 Å². The van der Waals surface area contributed by atoms with Gasteiger partial charge in [-0.2, -0.15) is 0 Å². The van der Waals surface area contributed by atoms with Gasteiger partial charge in [0.15, 0.2) is 0 Å². The van der Waals surface area contributed by atoms with E-state index in [2.05, 4.69) is 37.9 Å². The summed E-state index contributed by atoms with van der Waals surface area (Å²) in [6, 6.07) is 0. The molecule has 0 aliphatic rings. The Balaban J connectivity index is 3.53. The third-order valence-electron chi connectivity index (χ3n) is 1.09. The Bertz CT molecular complexity index is 202. The van der Waals surface area contributed by atoms with E-state index in [1.807, 2.05) is 0 Å². The van der Waals surface area contributed by atoms with E-state index in [-0.39, 0.29) is 11.3 Å². The summed E-state index contributed by atoms with van der Waals surface area (Å²) in [5.41, 5.74) is 0.0657. The van der Waals surface area contributed by atoms with E-state index < -0.39 is 0 Å². The molecular formula is C10H17NO. The molecule has 1 amide bonds. The van der Waals surface area contributed by atoms with Crippen LogP contribution in [0.1, 0.15) is 34.1 Å². The smallest absolute Gasteiger partial charge is 0.216 e. The van der Waals surface area contributed by atoms with Crippen molar-refractivity contribution in [2.24, 2.45) is 5.41 Å². The van der Waals surface area contributed by atoms with Crippen LogP contribution >= 0.6 is 0 Å². The number of carbonyl (C=O) groups excluding carboxylic acids is 1. The summed E-state index contributed by atoms with van der Waals surface area (Å²) in [6.07, 6.45) is 0.733. The van der Waals surface area contributed by atoms with Crippen molar-refractivity contribution in [1.29, 1.82) is 0 Å². The first-order chi connectivity index (χ1) is 5.42. The zero-order chi connectivity index (χ0) is 9.61. The lowest BCUT2D eigenvalue weighted by Crippen LogP contribution is -2.20. The molecule has 2 heteroatoms. The Kier molecular flexibility index (Phi) is 4.43. The van der Waals surface area contributed by atoms with E-state index in [1.54, 1.807) is 0 Å². The molecule has 0 aliphatic heterocycles. The minimum absolute atomic E-state index is 0.00700. The second-order valence-electron chi connectivity index (χ2n) is 3.78. The van der Waals surface area contributed by atoms with Crippen LogP contribution in [-0.2, 0) is 4.79 Å². The van der Waals surface area contributed by atoms with Gasteiger partial charge in [-0.1, -0.05) is 5.92 Å². The van der Waals surface area contributed by atoms with Gasteiger partial charge in [-0.05, 0) is 20.8 Å². The second-order valence-corrected chi connectivity index (χ2v) is 3.78. The Morgan fingerprint density at radius 1 is 1.42 bits per heavy atom. The van der Waals surface area contributed by atoms with Crippen molar-refractivity contribution >= 4 is 5.91 Å². The first kappa shape index (κ1) is 11.0. The normalized spacial score (nSPS) is 10.0. The van der Waals surface area contributed by atoms with E-state index in [0.717, 1.165) is 6.42 Å². The summed E-state index contributed by atoms with van der Waals surface area (Å²) in [6.45, 7) is 8.37. The topological polar surface area (TPSA) is 29.1 Å². The van der Waals surface area contributed by atoms with E-state index in [4.69, 9.17) is 0 Å². The molecule has 0 aromatic heterocycles. The van der Waals surface area contributed by atoms with Gasteiger partial charge in [-0.25, -0.2) is 0 Å². The highest BCUT2D eigenvalue weighted by Gasteiger charge is 2.02. The molecule has 2 nitrogen and oxygen atoms in total. The Labute approximate surface area is 74.7 Å². The van der Waals surface area contributed by atoms with Gasteiger partial charge in [0.25, 0.3) is 0 Å². The van der Waals surface area contributed by atoms with Crippen LogP contribution in [0.25, 0.3) is 0 Å². The van der Waals surface area contributed by atoms with Crippen LogP contribution in [0.15, 0.2) is 0 Å². The van der Waals surface area contributed by atoms with Crippen LogP contribution < -0.4 is 5.32 Å². The lowest BCUT2D eigenvalue weighted by molar-refractivity contribution is -0.118. The van der Waals surface area contributed by atoms with E-state index in [9.17, 15) is 4.79 Å². The lowest BCUT2D eigenvalue weighted by atomic mass is 9.98. The SMILES string of the molecule is CC(=O)NCCC#CC(C)(C)C. The molecule has 0 aromatic rings. The van der Waals surface area contributed by atoms with Crippen LogP contribution in [-0.4, -0.2) is 12.5 Å². The third kappa shape index (κ3) is 9.03. The maximum absolute atomic E-state index is 10.4. The molecule has 0 spiro atoms. The van der Waals surface area contributed by atoms with Crippen LogP contribution in [0.3, 0.4) is 0 Å². The summed E-state index contributed by atoms with van der Waals surface area (Å²) in [5, 5.41) is 2.69. The molecule has 12 heavy (non-hydrogen) atoms. The minimum Gasteiger partial charge on any atom is -0.355 e. The molecule has 0 bridgehead atoms. The molecule has 0 aromatic carbocycles. The highest BCUT2D eigenvalue weighted by atomic mass is 16.1. The second kappa shape index (κ2) is 4.82. The summed E-state index contributed by atoms with van der Waals surface area (Å²) in [7, 11) is 0. The standard InChI is InChI=1S/C10H17NO/c1-9(12)11-8-6-5-7-10(2,3)4/h6,8H2,1-4H3,(H,11,12). The Morgan fingerprint density at radius 2 is 2.00 bits per heavy atom. The zero-order valence-corrected chi connectivity index (χ0v) is 8.32. The fourth-order valence-electron chi connectivity index (χ4n) is 0.629. The van der Waals surface area contributed by atoms with E-state index >= 15 is 0 Å². The van der Waals surface area contributed by atoms with Crippen LogP contribution in [0.4, 0.5) is 0 Å². The quantitative estimate of drug-likeness (QED) is 0.491. The maximum atomic E-state index is 10.4. The number of carbonyl (C=O) groups is 1. The lowest BCUT2D eigenvalue weighted by Gasteiger charge is -2.06. The van der Waals surface area contributed by atoms with Gasteiger partial charge in [0.05, 0.1) is 0 Å². The largest absolute Gasteiger partial charge is 0.355 e. The first-order valence-electron chi connectivity index (χ1n) is 4.16. The number of amides is 1. The Hall–Kier alpha value is -0.970. The van der Waals surface area contributed by atoms with Gasteiger partial charge in [0, 0.05) is 25.3 Å². The number of hydrogen-bond donors (Lipinski definition) is 1. The van der Waals surface area contributed by atoms with Gasteiger partial charge >= 0.3 is 0 Å². The van der Waals surface area contributed by atoms with Crippen molar-refractivity contribution in [1.82, 2.24) is 5.32 Å². The van der Waals surface area contributed by atoms with Crippen LogP contribution in [0, 0.1) is 17.3 Å². The molecule has 68 valence electrons. The molecule has 0 saturated carbocycles. The van der Waals surface area contributed by atoms with Crippen LogP contribution in [0.2, 0.25) is 0 Å².